The molecule has 0 aliphatic heterocycles. The van der Waals surface area contributed by atoms with Gasteiger partial charge in [-0.25, -0.2) is 0 Å². The first kappa shape index (κ1) is 16.2. The lowest BCUT2D eigenvalue weighted by Gasteiger charge is -2.08. The molecular formula is C17H23N3O2. The molecule has 0 radical (unpaired) electrons. The largest absolute Gasteiger partial charge is 0.339 e. The highest BCUT2D eigenvalue weighted by atomic mass is 16.5. The van der Waals surface area contributed by atoms with Gasteiger partial charge in [-0.05, 0) is 31.9 Å². The van der Waals surface area contributed by atoms with Crippen molar-refractivity contribution < 1.29 is 9.32 Å². The molecule has 1 heterocycles. The lowest BCUT2D eigenvalue weighted by Crippen LogP contribution is -2.12. The van der Waals surface area contributed by atoms with Gasteiger partial charge < -0.3 is 9.84 Å². The maximum Gasteiger partial charge on any atom is 0.226 e. The fraction of sp³-hybridized carbons (Fsp3) is 0.471. The summed E-state index contributed by atoms with van der Waals surface area (Å²) in [6.45, 7) is 8.07. The van der Waals surface area contributed by atoms with E-state index < -0.39 is 0 Å². The quantitative estimate of drug-likeness (QED) is 0.881. The van der Waals surface area contributed by atoms with Gasteiger partial charge in [0.2, 0.25) is 11.8 Å². The highest BCUT2D eigenvalue weighted by molar-refractivity contribution is 5.91. The minimum absolute atomic E-state index is 0.00977. The van der Waals surface area contributed by atoms with Gasteiger partial charge in [0.1, 0.15) is 0 Å². The van der Waals surface area contributed by atoms with E-state index in [-0.39, 0.29) is 11.8 Å². The van der Waals surface area contributed by atoms with Crippen LogP contribution in [0.3, 0.4) is 0 Å². The molecule has 1 N–H and O–H groups in total. The van der Waals surface area contributed by atoms with Crippen LogP contribution in [0, 0.1) is 13.8 Å². The highest BCUT2D eigenvalue weighted by Gasteiger charge is 2.10. The lowest BCUT2D eigenvalue weighted by molar-refractivity contribution is -0.116. The molecule has 0 spiro atoms. The molecule has 2 rings (SSSR count). The molecule has 1 aromatic carbocycles. The summed E-state index contributed by atoms with van der Waals surface area (Å²) in [4.78, 5) is 16.3. The number of nitrogens with zero attached hydrogens (tertiary/aromatic N) is 2. The summed E-state index contributed by atoms with van der Waals surface area (Å²) in [6.07, 6.45) is 1.75. The Balaban J connectivity index is 1.80. The molecular weight excluding hydrogens is 278 g/mol. The average Bonchev–Trinajstić information content (AvgIpc) is 2.91. The van der Waals surface area contributed by atoms with Crippen LogP contribution in [0.4, 0.5) is 5.69 Å². The van der Waals surface area contributed by atoms with E-state index in [0.717, 1.165) is 17.1 Å². The molecule has 5 nitrogen and oxygen atoms in total. The van der Waals surface area contributed by atoms with Gasteiger partial charge in [-0.1, -0.05) is 36.7 Å². The topological polar surface area (TPSA) is 68.0 Å². The Hall–Kier alpha value is -2.17. The molecule has 5 heteroatoms. The zero-order chi connectivity index (χ0) is 16.1. The summed E-state index contributed by atoms with van der Waals surface area (Å²) < 4.78 is 5.17. The first-order chi connectivity index (χ1) is 10.5. The molecule has 0 aliphatic rings. The molecule has 0 fully saturated rings. The fourth-order valence-corrected chi connectivity index (χ4v) is 2.17. The molecule has 118 valence electrons. The van der Waals surface area contributed by atoms with Crippen LogP contribution in [0.1, 0.15) is 55.4 Å². The van der Waals surface area contributed by atoms with Gasteiger partial charge in [-0.2, -0.15) is 4.98 Å². The van der Waals surface area contributed by atoms with Gasteiger partial charge >= 0.3 is 0 Å². The van der Waals surface area contributed by atoms with E-state index in [1.807, 2.05) is 39.8 Å². The minimum atomic E-state index is 0.00977. The number of nitrogens with one attached hydrogen (secondary N) is 1. The van der Waals surface area contributed by atoms with Crippen LogP contribution in [0.15, 0.2) is 22.7 Å². The zero-order valence-corrected chi connectivity index (χ0v) is 13.6. The van der Waals surface area contributed by atoms with Crippen molar-refractivity contribution in [1.29, 1.82) is 0 Å². The number of carbonyl (C=O) groups is 1. The highest BCUT2D eigenvalue weighted by Crippen LogP contribution is 2.17. The van der Waals surface area contributed by atoms with Crippen molar-refractivity contribution in [3.8, 4) is 0 Å². The molecule has 0 atom stereocenters. The number of amides is 1. The maximum atomic E-state index is 12.0. The number of anilines is 1. The van der Waals surface area contributed by atoms with Gasteiger partial charge in [0.05, 0.1) is 0 Å². The SMILES string of the molecule is Cc1ccc(NC(=O)CCCc2nc(C(C)C)no2)c(C)c1. The smallest absolute Gasteiger partial charge is 0.226 e. The van der Waals surface area contributed by atoms with Crippen LogP contribution in [0.5, 0.6) is 0 Å². The Labute approximate surface area is 131 Å². The first-order valence-corrected chi connectivity index (χ1v) is 7.65. The van der Waals surface area contributed by atoms with Gasteiger partial charge in [0.15, 0.2) is 5.82 Å². The Morgan fingerprint density at radius 3 is 2.73 bits per heavy atom. The number of aromatic nitrogens is 2. The molecule has 22 heavy (non-hydrogen) atoms. The van der Waals surface area contributed by atoms with Crippen molar-refractivity contribution in [3.63, 3.8) is 0 Å². The van der Waals surface area contributed by atoms with E-state index in [4.69, 9.17) is 4.52 Å². The second-order valence-corrected chi connectivity index (χ2v) is 5.92. The predicted octanol–water partition coefficient (Wildman–Crippen LogP) is 3.77. The summed E-state index contributed by atoms with van der Waals surface area (Å²) in [5.74, 6) is 1.58. The normalized spacial score (nSPS) is 11.0. The molecule has 0 saturated carbocycles. The molecule has 1 amide bonds. The molecule has 2 aromatic rings. The predicted molar refractivity (Wildman–Crippen MR) is 85.9 cm³/mol. The van der Waals surface area contributed by atoms with Crippen molar-refractivity contribution in [2.45, 2.75) is 52.9 Å². The zero-order valence-electron chi connectivity index (χ0n) is 13.6. The van der Waals surface area contributed by atoms with E-state index in [9.17, 15) is 4.79 Å². The summed E-state index contributed by atoms with van der Waals surface area (Å²) >= 11 is 0. The summed E-state index contributed by atoms with van der Waals surface area (Å²) in [7, 11) is 0. The van der Waals surface area contributed by atoms with Gasteiger partial charge in [0, 0.05) is 24.4 Å². The van der Waals surface area contributed by atoms with E-state index in [2.05, 4.69) is 21.5 Å². The molecule has 1 aromatic heterocycles. The van der Waals surface area contributed by atoms with E-state index in [1.165, 1.54) is 5.56 Å². The Bertz CT molecular complexity index is 647. The standard InChI is InChI=1S/C17H23N3O2/c1-11(2)17-19-16(22-20-17)7-5-6-15(21)18-14-9-8-12(3)10-13(14)4/h8-11H,5-7H2,1-4H3,(H,18,21). The van der Waals surface area contributed by atoms with Gasteiger partial charge in [-0.15, -0.1) is 0 Å². The molecule has 0 bridgehead atoms. The average molecular weight is 301 g/mol. The number of hydrogen-bond acceptors (Lipinski definition) is 4. The fourth-order valence-electron chi connectivity index (χ4n) is 2.17. The Morgan fingerprint density at radius 2 is 2.09 bits per heavy atom. The van der Waals surface area contributed by atoms with Crippen LogP contribution < -0.4 is 5.32 Å². The Morgan fingerprint density at radius 1 is 1.32 bits per heavy atom. The van der Waals surface area contributed by atoms with E-state index in [0.29, 0.717) is 25.2 Å². The number of hydrogen-bond donors (Lipinski definition) is 1. The van der Waals surface area contributed by atoms with E-state index in [1.54, 1.807) is 0 Å². The van der Waals surface area contributed by atoms with Crippen LogP contribution in [-0.4, -0.2) is 16.0 Å². The van der Waals surface area contributed by atoms with Crippen molar-refractivity contribution in [2.24, 2.45) is 0 Å². The van der Waals surface area contributed by atoms with Gasteiger partial charge in [0.25, 0.3) is 0 Å². The summed E-state index contributed by atoms with van der Waals surface area (Å²) in [5.41, 5.74) is 3.13. The molecule has 0 aliphatic carbocycles. The maximum absolute atomic E-state index is 12.0. The summed E-state index contributed by atoms with van der Waals surface area (Å²) in [6, 6.07) is 5.99. The minimum Gasteiger partial charge on any atom is -0.339 e. The van der Waals surface area contributed by atoms with Crippen LogP contribution in [0.2, 0.25) is 0 Å². The van der Waals surface area contributed by atoms with Gasteiger partial charge in [-0.3, -0.25) is 4.79 Å². The number of rotatable bonds is 6. The third kappa shape index (κ3) is 4.41. The second kappa shape index (κ2) is 7.20. The number of aryl methyl sites for hydroxylation is 3. The third-order valence-corrected chi connectivity index (χ3v) is 3.45. The monoisotopic (exact) mass is 301 g/mol. The number of carbonyl (C=O) groups excluding carboxylic acids is 1. The second-order valence-electron chi connectivity index (χ2n) is 5.92. The lowest BCUT2D eigenvalue weighted by atomic mass is 10.1. The van der Waals surface area contributed by atoms with Crippen molar-refractivity contribution in [2.75, 3.05) is 5.32 Å². The molecule has 0 unspecified atom stereocenters. The Kier molecular flexibility index (Phi) is 5.31. The van der Waals surface area contributed by atoms with Crippen LogP contribution >= 0.6 is 0 Å². The molecule has 0 saturated heterocycles. The third-order valence-electron chi connectivity index (χ3n) is 3.45. The first-order valence-electron chi connectivity index (χ1n) is 7.65. The number of benzene rings is 1. The van der Waals surface area contributed by atoms with Crippen molar-refractivity contribution >= 4 is 11.6 Å². The van der Waals surface area contributed by atoms with Crippen molar-refractivity contribution in [1.82, 2.24) is 10.1 Å². The van der Waals surface area contributed by atoms with Crippen LogP contribution in [0.25, 0.3) is 0 Å². The van der Waals surface area contributed by atoms with Crippen molar-refractivity contribution in [3.05, 3.63) is 41.0 Å². The summed E-state index contributed by atoms with van der Waals surface area (Å²) in [5, 5.41) is 6.86. The van der Waals surface area contributed by atoms with E-state index >= 15 is 0 Å². The van der Waals surface area contributed by atoms with Crippen LogP contribution in [-0.2, 0) is 11.2 Å².